The highest BCUT2D eigenvalue weighted by Crippen LogP contribution is 2.24. The molecule has 0 bridgehead atoms. The first kappa shape index (κ1) is 15.2. The average molecular weight is 323 g/mol. The van der Waals surface area contributed by atoms with Crippen LogP contribution in [0.1, 0.15) is 0 Å². The molecule has 2 heteroatoms. The van der Waals surface area contributed by atoms with Crippen LogP contribution in [0, 0.1) is 0 Å². The molecule has 0 aliphatic heterocycles. The normalized spacial score (nSPS) is 10.4. The van der Waals surface area contributed by atoms with Gasteiger partial charge in [-0.15, -0.1) is 0 Å². The first-order chi connectivity index (χ1) is 12.4. The summed E-state index contributed by atoms with van der Waals surface area (Å²) in [5, 5.41) is 0.871. The maximum absolute atomic E-state index is 6.17. The van der Waals surface area contributed by atoms with Gasteiger partial charge in [0.1, 0.15) is 11.5 Å². The number of para-hydroxylation sites is 1. The topological polar surface area (TPSA) is 25.5 Å². The molecule has 25 heavy (non-hydrogen) atoms. The van der Waals surface area contributed by atoms with Gasteiger partial charge in [0.15, 0.2) is 0 Å². The van der Waals surface area contributed by atoms with Crippen molar-refractivity contribution < 1.29 is 4.42 Å². The molecule has 3 aromatic carbocycles. The van der Waals surface area contributed by atoms with Crippen LogP contribution in [0.2, 0.25) is 0 Å². The van der Waals surface area contributed by atoms with Gasteiger partial charge in [0, 0.05) is 23.3 Å². The zero-order valence-electron chi connectivity index (χ0n) is 13.7. The Labute approximate surface area is 146 Å². The van der Waals surface area contributed by atoms with Crippen molar-refractivity contribution in [2.24, 2.45) is 4.99 Å². The third-order valence-electron chi connectivity index (χ3n) is 3.91. The Morgan fingerprint density at radius 1 is 0.520 bits per heavy atom. The summed E-state index contributed by atoms with van der Waals surface area (Å²) >= 11 is 0. The molecule has 1 heterocycles. The second kappa shape index (κ2) is 7.02. The van der Waals surface area contributed by atoms with Crippen molar-refractivity contribution in [2.45, 2.75) is 0 Å². The maximum atomic E-state index is 6.17. The van der Waals surface area contributed by atoms with Crippen molar-refractivity contribution >= 4 is 5.69 Å². The van der Waals surface area contributed by atoms with Gasteiger partial charge in [0.2, 0.25) is 0 Å². The highest BCUT2D eigenvalue weighted by Gasteiger charge is 2.06. The Morgan fingerprint density at radius 3 is 1.44 bits per heavy atom. The van der Waals surface area contributed by atoms with E-state index in [0.29, 0.717) is 0 Å². The van der Waals surface area contributed by atoms with Crippen LogP contribution in [-0.4, -0.2) is 0 Å². The molecule has 0 amide bonds. The van der Waals surface area contributed by atoms with Gasteiger partial charge in [-0.3, -0.25) is 0 Å². The highest BCUT2D eigenvalue weighted by molar-refractivity contribution is 5.62. The Kier molecular flexibility index (Phi) is 4.25. The lowest BCUT2D eigenvalue weighted by Gasteiger charge is -2.06. The Bertz CT molecular complexity index is 959. The molecule has 0 saturated heterocycles. The molecule has 4 aromatic rings. The van der Waals surface area contributed by atoms with Gasteiger partial charge in [-0.1, -0.05) is 78.9 Å². The van der Waals surface area contributed by atoms with Gasteiger partial charge in [-0.05, 0) is 12.1 Å². The first-order valence-electron chi connectivity index (χ1n) is 8.24. The van der Waals surface area contributed by atoms with Crippen LogP contribution in [0.3, 0.4) is 0 Å². The number of benzene rings is 3. The molecule has 1 aromatic heterocycles. The van der Waals surface area contributed by atoms with E-state index in [9.17, 15) is 0 Å². The summed E-state index contributed by atoms with van der Waals surface area (Å²) in [5.41, 5.74) is 2.99. The van der Waals surface area contributed by atoms with Crippen molar-refractivity contribution in [1.29, 1.82) is 0 Å². The third-order valence-corrected chi connectivity index (χ3v) is 3.91. The molecule has 0 aliphatic rings. The van der Waals surface area contributed by atoms with Crippen LogP contribution in [0.4, 0.5) is 5.69 Å². The van der Waals surface area contributed by atoms with E-state index in [1.54, 1.807) is 0 Å². The molecule has 0 radical (unpaired) electrons. The lowest BCUT2D eigenvalue weighted by atomic mass is 10.1. The second-order valence-corrected chi connectivity index (χ2v) is 5.72. The van der Waals surface area contributed by atoms with E-state index in [-0.39, 0.29) is 0 Å². The molecule has 0 fully saturated rings. The van der Waals surface area contributed by atoms with E-state index in [0.717, 1.165) is 33.7 Å². The fraction of sp³-hybridized carbons (Fsp3) is 0. The van der Waals surface area contributed by atoms with Crippen LogP contribution in [0.5, 0.6) is 0 Å². The molecule has 2 nitrogen and oxygen atoms in total. The standard InChI is InChI=1S/C23H17NO/c1-4-10-18(11-5-1)22-16-21(24-20-14-8-3-9-15-20)17-23(25-22)19-12-6-2-7-13-19/h1-17H. The number of nitrogens with zero attached hydrogens (tertiary/aromatic N) is 1. The number of hydrogen-bond donors (Lipinski definition) is 0. The predicted octanol–water partition coefficient (Wildman–Crippen LogP) is 5.85. The smallest absolute Gasteiger partial charge is 0.136 e. The fourth-order valence-electron chi connectivity index (χ4n) is 2.69. The monoisotopic (exact) mass is 323 g/mol. The van der Waals surface area contributed by atoms with Crippen LogP contribution in [0.15, 0.2) is 113 Å². The minimum atomic E-state index is 0.802. The van der Waals surface area contributed by atoms with Crippen LogP contribution in [-0.2, 0) is 0 Å². The van der Waals surface area contributed by atoms with E-state index in [2.05, 4.69) is 0 Å². The van der Waals surface area contributed by atoms with E-state index >= 15 is 0 Å². The summed E-state index contributed by atoms with van der Waals surface area (Å²) in [7, 11) is 0. The molecule has 0 atom stereocenters. The fourth-order valence-corrected chi connectivity index (χ4v) is 2.69. The van der Waals surface area contributed by atoms with Gasteiger partial charge in [0.05, 0.1) is 11.0 Å². The Balaban J connectivity index is 1.91. The quantitative estimate of drug-likeness (QED) is 0.464. The molecular weight excluding hydrogens is 306 g/mol. The van der Waals surface area contributed by atoms with Crippen molar-refractivity contribution in [1.82, 2.24) is 0 Å². The van der Waals surface area contributed by atoms with E-state index in [1.807, 2.05) is 103 Å². The molecule has 0 spiro atoms. The lowest BCUT2D eigenvalue weighted by Crippen LogP contribution is -2.01. The van der Waals surface area contributed by atoms with E-state index in [4.69, 9.17) is 9.41 Å². The van der Waals surface area contributed by atoms with Crippen LogP contribution >= 0.6 is 0 Å². The van der Waals surface area contributed by atoms with Gasteiger partial charge >= 0.3 is 0 Å². The molecule has 0 unspecified atom stereocenters. The maximum Gasteiger partial charge on any atom is 0.136 e. The van der Waals surface area contributed by atoms with Gasteiger partial charge < -0.3 is 4.42 Å². The SMILES string of the molecule is c1ccc(N=c2cc(-c3ccccc3)oc(-c3ccccc3)c2)cc1. The average Bonchev–Trinajstić information content (AvgIpc) is 2.70. The molecule has 4 rings (SSSR count). The van der Waals surface area contributed by atoms with E-state index in [1.165, 1.54) is 0 Å². The van der Waals surface area contributed by atoms with E-state index < -0.39 is 0 Å². The number of rotatable bonds is 3. The summed E-state index contributed by atoms with van der Waals surface area (Å²) in [6, 6.07) is 34.1. The van der Waals surface area contributed by atoms with Crippen molar-refractivity contribution in [3.05, 3.63) is 108 Å². The first-order valence-corrected chi connectivity index (χ1v) is 8.24. The zero-order valence-corrected chi connectivity index (χ0v) is 13.7. The van der Waals surface area contributed by atoms with Gasteiger partial charge in [-0.25, -0.2) is 4.99 Å². The second-order valence-electron chi connectivity index (χ2n) is 5.72. The Hall–Kier alpha value is -3.39. The van der Waals surface area contributed by atoms with Gasteiger partial charge in [0.25, 0.3) is 0 Å². The van der Waals surface area contributed by atoms with Crippen molar-refractivity contribution in [3.8, 4) is 22.6 Å². The molecule has 0 N–H and O–H groups in total. The summed E-state index contributed by atoms with van der Waals surface area (Å²) in [5.74, 6) is 1.60. The highest BCUT2D eigenvalue weighted by atomic mass is 16.3. The molecule has 120 valence electrons. The summed E-state index contributed by atoms with van der Waals surface area (Å²) in [6.07, 6.45) is 0. The van der Waals surface area contributed by atoms with Gasteiger partial charge in [-0.2, -0.15) is 0 Å². The molecule has 0 aliphatic carbocycles. The van der Waals surface area contributed by atoms with Crippen molar-refractivity contribution in [2.75, 3.05) is 0 Å². The zero-order chi connectivity index (χ0) is 16.9. The number of hydrogen-bond acceptors (Lipinski definition) is 2. The largest absolute Gasteiger partial charge is 0.456 e. The molecule has 0 saturated carbocycles. The van der Waals surface area contributed by atoms with Crippen LogP contribution < -0.4 is 5.36 Å². The minimum absolute atomic E-state index is 0.802. The molecular formula is C23H17NO. The Morgan fingerprint density at radius 2 is 0.960 bits per heavy atom. The van der Waals surface area contributed by atoms with Crippen molar-refractivity contribution in [3.63, 3.8) is 0 Å². The summed E-state index contributed by atoms with van der Waals surface area (Å²) in [4.78, 5) is 4.75. The predicted molar refractivity (Wildman–Crippen MR) is 101 cm³/mol. The summed E-state index contributed by atoms with van der Waals surface area (Å²) in [6.45, 7) is 0. The minimum Gasteiger partial charge on any atom is -0.456 e. The third kappa shape index (κ3) is 3.59. The van der Waals surface area contributed by atoms with Crippen LogP contribution in [0.25, 0.3) is 22.6 Å². The summed E-state index contributed by atoms with van der Waals surface area (Å²) < 4.78 is 6.17. The lowest BCUT2D eigenvalue weighted by molar-refractivity contribution is 0.579.